The van der Waals surface area contributed by atoms with Crippen molar-refractivity contribution in [1.82, 2.24) is 4.98 Å². The molecule has 3 fully saturated rings. The highest BCUT2D eigenvalue weighted by atomic mass is 79.9. The van der Waals surface area contributed by atoms with Gasteiger partial charge in [-0.25, -0.2) is 0 Å². The molecule has 1 heterocycles. The number of anilines is 2. The number of hydrogen-bond acceptors (Lipinski definition) is 4. The van der Waals surface area contributed by atoms with Gasteiger partial charge in [0.15, 0.2) is 0 Å². The Morgan fingerprint density at radius 1 is 1.35 bits per heavy atom. The van der Waals surface area contributed by atoms with Crippen LogP contribution in [0.5, 0.6) is 5.75 Å². The third kappa shape index (κ3) is 2.67. The molecule has 0 amide bonds. The predicted octanol–water partition coefficient (Wildman–Crippen LogP) is 4.53. The van der Waals surface area contributed by atoms with Gasteiger partial charge in [0, 0.05) is 16.2 Å². The molecule has 1 aromatic heterocycles. The van der Waals surface area contributed by atoms with Gasteiger partial charge in [0.2, 0.25) is 0 Å². The zero-order valence-electron chi connectivity index (χ0n) is 13.1. The summed E-state index contributed by atoms with van der Waals surface area (Å²) in [5, 5.41) is 3.65. The van der Waals surface area contributed by atoms with E-state index in [9.17, 15) is 0 Å². The fraction of sp³-hybridized carbons (Fsp3) is 0.389. The molecule has 2 aromatic rings. The van der Waals surface area contributed by atoms with Crippen LogP contribution in [0.3, 0.4) is 0 Å². The van der Waals surface area contributed by atoms with Gasteiger partial charge in [-0.2, -0.15) is 0 Å². The lowest BCUT2D eigenvalue weighted by molar-refractivity contribution is 0.00189. The molecule has 120 valence electrons. The monoisotopic (exact) mass is 373 g/mol. The summed E-state index contributed by atoms with van der Waals surface area (Å²) in [6.45, 7) is 2.00. The number of nitrogens with one attached hydrogen (secondary N) is 1. The van der Waals surface area contributed by atoms with Gasteiger partial charge in [-0.05, 0) is 56.4 Å². The average molecular weight is 374 g/mol. The first-order chi connectivity index (χ1) is 11.0. The van der Waals surface area contributed by atoms with Crippen molar-refractivity contribution >= 4 is 27.3 Å². The number of nitrogens with two attached hydrogens (primary N) is 1. The maximum absolute atomic E-state index is 6.25. The third-order valence-corrected chi connectivity index (χ3v) is 5.39. The molecule has 5 heteroatoms. The molecule has 2 bridgehead atoms. The van der Waals surface area contributed by atoms with E-state index in [0.717, 1.165) is 27.5 Å². The van der Waals surface area contributed by atoms with Gasteiger partial charge in [0.1, 0.15) is 17.5 Å². The molecular weight excluding hydrogens is 354 g/mol. The molecule has 1 aromatic carbocycles. The average Bonchev–Trinajstić information content (AvgIpc) is 2.44. The Hall–Kier alpha value is -1.75. The molecule has 1 atom stereocenters. The van der Waals surface area contributed by atoms with Crippen LogP contribution in [0.2, 0.25) is 0 Å². The van der Waals surface area contributed by atoms with E-state index in [2.05, 4.69) is 26.2 Å². The summed E-state index contributed by atoms with van der Waals surface area (Å²) >= 11 is 3.51. The molecule has 4 nitrogen and oxygen atoms in total. The first-order valence-electron chi connectivity index (χ1n) is 7.99. The smallest absolute Gasteiger partial charge is 0.146 e. The number of nitrogen functional groups attached to an aromatic ring is 1. The Labute approximate surface area is 144 Å². The zero-order valence-corrected chi connectivity index (χ0v) is 14.6. The minimum atomic E-state index is -0.140. The van der Waals surface area contributed by atoms with Crippen LogP contribution in [0.15, 0.2) is 41.0 Å². The van der Waals surface area contributed by atoms with E-state index in [1.807, 2.05) is 37.3 Å². The first kappa shape index (κ1) is 14.8. The van der Waals surface area contributed by atoms with Crippen LogP contribution in [-0.2, 0) is 0 Å². The van der Waals surface area contributed by atoms with Gasteiger partial charge < -0.3 is 15.8 Å². The van der Waals surface area contributed by atoms with Gasteiger partial charge in [-0.1, -0.05) is 22.0 Å². The number of nitrogens with zero attached hydrogens (tertiary/aromatic N) is 1. The predicted molar refractivity (Wildman–Crippen MR) is 95.5 cm³/mol. The highest BCUT2D eigenvalue weighted by Crippen LogP contribution is 2.59. The molecule has 5 rings (SSSR count). The van der Waals surface area contributed by atoms with Crippen LogP contribution in [0.1, 0.15) is 38.0 Å². The molecule has 0 unspecified atom stereocenters. The number of halogens is 1. The fourth-order valence-corrected chi connectivity index (χ4v) is 4.05. The summed E-state index contributed by atoms with van der Waals surface area (Å²) in [5.74, 6) is 1.69. The standard InChI is InChI=1S/C18H20BrN3O/c1-11(15-4-2-3-5-21-15)23-16-7-13(19)6-14(20)17(16)22-18-8-12(9-18)10-18/h2-7,11-12,22H,8-10,20H2,1H3/t11-,12?,18?/m1/s1. The second-order valence-corrected chi connectivity index (χ2v) is 7.68. The van der Waals surface area contributed by atoms with Crippen molar-refractivity contribution in [1.29, 1.82) is 0 Å². The number of benzene rings is 1. The lowest BCUT2D eigenvalue weighted by Crippen LogP contribution is -2.63. The maximum Gasteiger partial charge on any atom is 0.146 e. The minimum Gasteiger partial charge on any atom is -0.482 e. The van der Waals surface area contributed by atoms with E-state index >= 15 is 0 Å². The van der Waals surface area contributed by atoms with Gasteiger partial charge in [0.05, 0.1) is 11.4 Å². The van der Waals surface area contributed by atoms with Crippen molar-refractivity contribution in [2.45, 2.75) is 37.8 Å². The van der Waals surface area contributed by atoms with Crippen molar-refractivity contribution in [2.24, 2.45) is 5.92 Å². The van der Waals surface area contributed by atoms with E-state index < -0.39 is 0 Å². The molecule has 0 aliphatic heterocycles. The summed E-state index contributed by atoms with van der Waals surface area (Å²) in [5.41, 5.74) is 9.03. The van der Waals surface area contributed by atoms with Crippen molar-refractivity contribution < 1.29 is 4.74 Å². The van der Waals surface area contributed by atoms with Crippen LogP contribution in [0.4, 0.5) is 11.4 Å². The van der Waals surface area contributed by atoms with Crippen LogP contribution >= 0.6 is 15.9 Å². The van der Waals surface area contributed by atoms with Crippen molar-refractivity contribution in [3.63, 3.8) is 0 Å². The van der Waals surface area contributed by atoms with Crippen molar-refractivity contribution in [3.8, 4) is 5.75 Å². The fourth-order valence-electron chi connectivity index (χ4n) is 3.59. The number of pyridine rings is 1. The highest BCUT2D eigenvalue weighted by Gasteiger charge is 2.56. The van der Waals surface area contributed by atoms with E-state index in [4.69, 9.17) is 10.5 Å². The van der Waals surface area contributed by atoms with Crippen molar-refractivity contribution in [3.05, 3.63) is 46.7 Å². The Kier molecular flexibility index (Phi) is 3.48. The zero-order chi connectivity index (χ0) is 16.0. The molecule has 3 saturated carbocycles. The highest BCUT2D eigenvalue weighted by molar-refractivity contribution is 9.10. The van der Waals surface area contributed by atoms with Crippen LogP contribution in [-0.4, -0.2) is 10.5 Å². The maximum atomic E-state index is 6.25. The Morgan fingerprint density at radius 3 is 2.74 bits per heavy atom. The molecule has 0 saturated heterocycles. The Morgan fingerprint density at radius 2 is 2.13 bits per heavy atom. The molecule has 23 heavy (non-hydrogen) atoms. The topological polar surface area (TPSA) is 60.2 Å². The van der Waals surface area contributed by atoms with Gasteiger partial charge in [-0.3, -0.25) is 4.98 Å². The van der Waals surface area contributed by atoms with Crippen LogP contribution in [0.25, 0.3) is 0 Å². The quantitative estimate of drug-likeness (QED) is 0.755. The SMILES string of the molecule is C[C@@H](Oc1cc(Br)cc(N)c1NC12CC(C1)C2)c1ccccn1. The van der Waals surface area contributed by atoms with Crippen LogP contribution in [0, 0.1) is 5.92 Å². The number of hydrogen-bond donors (Lipinski definition) is 2. The number of aromatic nitrogens is 1. The Bertz CT molecular complexity index is 718. The second-order valence-electron chi connectivity index (χ2n) is 6.77. The number of ether oxygens (including phenoxy) is 1. The van der Waals surface area contributed by atoms with Gasteiger partial charge in [0.25, 0.3) is 0 Å². The lowest BCUT2D eigenvalue weighted by atomic mass is 9.50. The second kappa shape index (κ2) is 5.41. The molecule has 3 aliphatic carbocycles. The molecule has 0 radical (unpaired) electrons. The summed E-state index contributed by atoms with van der Waals surface area (Å²) in [6.07, 6.45) is 5.39. The van der Waals surface area contributed by atoms with Crippen LogP contribution < -0.4 is 15.8 Å². The summed E-state index contributed by atoms with van der Waals surface area (Å²) in [6, 6.07) is 9.75. The van der Waals surface area contributed by atoms with Gasteiger partial charge in [-0.15, -0.1) is 0 Å². The largest absolute Gasteiger partial charge is 0.482 e. The molecule has 3 N–H and O–H groups in total. The Balaban J connectivity index is 1.61. The summed E-state index contributed by atoms with van der Waals surface area (Å²) in [7, 11) is 0. The minimum absolute atomic E-state index is 0.140. The normalized spacial score (nSPS) is 25.9. The van der Waals surface area contributed by atoms with Gasteiger partial charge >= 0.3 is 0 Å². The molecule has 3 aliphatic rings. The van der Waals surface area contributed by atoms with Crippen molar-refractivity contribution in [2.75, 3.05) is 11.1 Å². The van der Waals surface area contributed by atoms with E-state index in [1.54, 1.807) is 6.20 Å². The third-order valence-electron chi connectivity index (χ3n) is 4.93. The van der Waals surface area contributed by atoms with E-state index in [-0.39, 0.29) is 11.6 Å². The lowest BCUT2D eigenvalue weighted by Gasteiger charge is -2.62. The summed E-state index contributed by atoms with van der Waals surface area (Å²) < 4.78 is 7.11. The first-order valence-corrected chi connectivity index (χ1v) is 8.79. The molecular formula is C18H20BrN3O. The summed E-state index contributed by atoms with van der Waals surface area (Å²) in [4.78, 5) is 4.37. The molecule has 0 spiro atoms. The van der Waals surface area contributed by atoms with E-state index in [0.29, 0.717) is 5.69 Å². The van der Waals surface area contributed by atoms with E-state index in [1.165, 1.54) is 19.3 Å². The number of rotatable bonds is 5.